The van der Waals surface area contributed by atoms with Crippen LogP contribution < -0.4 is 20.5 Å². The van der Waals surface area contributed by atoms with E-state index in [2.05, 4.69) is 10.9 Å². The van der Waals surface area contributed by atoms with Gasteiger partial charge in [0.25, 0.3) is 0 Å². The van der Waals surface area contributed by atoms with E-state index in [1.807, 2.05) is 85.8 Å². The second-order valence-corrected chi connectivity index (χ2v) is 7.63. The largest absolute Gasteiger partial charge is 0.487 e. The molecule has 0 spiro atoms. The Morgan fingerprint density at radius 3 is 2.48 bits per heavy atom. The lowest BCUT2D eigenvalue weighted by atomic mass is 10.1. The molecule has 6 heteroatoms. The predicted molar refractivity (Wildman–Crippen MR) is 121 cm³/mol. The topological polar surface area (TPSA) is 70.7 Å². The van der Waals surface area contributed by atoms with E-state index in [-0.39, 0.29) is 18.2 Å². The van der Waals surface area contributed by atoms with Crippen LogP contribution in [0.5, 0.6) is 5.75 Å². The van der Waals surface area contributed by atoms with Crippen molar-refractivity contribution in [2.75, 3.05) is 16.9 Å². The second kappa shape index (κ2) is 9.34. The van der Waals surface area contributed by atoms with Gasteiger partial charge in [-0.15, -0.1) is 0 Å². The highest BCUT2D eigenvalue weighted by molar-refractivity contribution is 6.00. The zero-order valence-electron chi connectivity index (χ0n) is 17.4. The molecule has 0 bridgehead atoms. The molecule has 3 aromatic rings. The molecule has 0 radical (unpaired) electrons. The summed E-state index contributed by atoms with van der Waals surface area (Å²) in [7, 11) is 0. The highest BCUT2D eigenvalue weighted by Gasteiger charge is 2.35. The van der Waals surface area contributed by atoms with Crippen LogP contribution in [0.4, 0.5) is 11.4 Å². The van der Waals surface area contributed by atoms with Gasteiger partial charge in [-0.05, 0) is 36.8 Å². The maximum atomic E-state index is 12.7. The normalized spacial score (nSPS) is 15.6. The van der Waals surface area contributed by atoms with Crippen LogP contribution in [0.1, 0.15) is 17.5 Å². The zero-order valence-corrected chi connectivity index (χ0v) is 17.4. The van der Waals surface area contributed by atoms with E-state index in [4.69, 9.17) is 4.74 Å². The molecule has 0 saturated carbocycles. The molecule has 0 aromatic heterocycles. The first-order valence-corrected chi connectivity index (χ1v) is 10.3. The van der Waals surface area contributed by atoms with Crippen molar-refractivity contribution in [2.24, 2.45) is 5.92 Å². The van der Waals surface area contributed by atoms with Crippen molar-refractivity contribution in [3.8, 4) is 5.75 Å². The van der Waals surface area contributed by atoms with Crippen LogP contribution in [0.15, 0.2) is 78.9 Å². The number of rotatable bonds is 7. The van der Waals surface area contributed by atoms with Gasteiger partial charge < -0.3 is 9.64 Å². The Morgan fingerprint density at radius 1 is 1.00 bits per heavy atom. The molecular formula is C25H25N3O3. The lowest BCUT2D eigenvalue weighted by molar-refractivity contribution is -0.125. The molecule has 1 aliphatic heterocycles. The quantitative estimate of drug-likeness (QED) is 0.571. The average molecular weight is 415 g/mol. The number of carbonyl (C=O) groups excluding carboxylic acids is 2. The van der Waals surface area contributed by atoms with Crippen LogP contribution in [0.3, 0.4) is 0 Å². The van der Waals surface area contributed by atoms with E-state index in [0.717, 1.165) is 16.8 Å². The number of hydrogen-bond acceptors (Lipinski definition) is 4. The molecule has 2 amide bonds. The summed E-state index contributed by atoms with van der Waals surface area (Å²) in [4.78, 5) is 26.8. The predicted octanol–water partition coefficient (Wildman–Crippen LogP) is 4.07. The zero-order chi connectivity index (χ0) is 21.6. The standard InChI is InChI=1S/C25H25N3O3/c1-18-11-13-21(14-12-18)28-16-20(15-24(28)29)25(30)27-26-22-9-5-6-10-23(22)31-17-19-7-3-2-4-8-19/h2-14,20,26H,15-17H2,1H3,(H,27,30)/t20-/m1/s1. The fraction of sp³-hybridized carbons (Fsp3) is 0.200. The molecule has 1 aliphatic rings. The smallest absolute Gasteiger partial charge is 0.243 e. The summed E-state index contributed by atoms with van der Waals surface area (Å²) in [5.74, 6) is -0.0504. The number of hydrogen-bond donors (Lipinski definition) is 2. The van der Waals surface area contributed by atoms with Crippen LogP contribution in [0.25, 0.3) is 0 Å². The Kier molecular flexibility index (Phi) is 6.17. The third-order valence-electron chi connectivity index (χ3n) is 5.29. The maximum absolute atomic E-state index is 12.7. The van der Waals surface area contributed by atoms with Gasteiger partial charge in [0.1, 0.15) is 12.4 Å². The van der Waals surface area contributed by atoms with Gasteiger partial charge in [0.05, 0.1) is 11.6 Å². The summed E-state index contributed by atoms with van der Waals surface area (Å²) in [6.45, 7) is 2.79. The van der Waals surface area contributed by atoms with Crippen molar-refractivity contribution in [3.05, 3.63) is 90.0 Å². The number of nitrogens with one attached hydrogen (secondary N) is 2. The Labute approximate surface area is 181 Å². The molecule has 0 aliphatic carbocycles. The van der Waals surface area contributed by atoms with Gasteiger partial charge in [-0.25, -0.2) is 0 Å². The van der Waals surface area contributed by atoms with Crippen molar-refractivity contribution in [3.63, 3.8) is 0 Å². The SMILES string of the molecule is Cc1ccc(N2C[C@H](C(=O)NNc3ccccc3OCc3ccccc3)CC2=O)cc1. The van der Waals surface area contributed by atoms with Gasteiger partial charge >= 0.3 is 0 Å². The summed E-state index contributed by atoms with van der Waals surface area (Å²) >= 11 is 0. The lowest BCUT2D eigenvalue weighted by Crippen LogP contribution is -2.36. The monoisotopic (exact) mass is 415 g/mol. The molecule has 2 N–H and O–H groups in total. The van der Waals surface area contributed by atoms with Crippen molar-refractivity contribution < 1.29 is 14.3 Å². The van der Waals surface area contributed by atoms with E-state index in [0.29, 0.717) is 24.6 Å². The average Bonchev–Trinajstić information content (AvgIpc) is 3.19. The molecular weight excluding hydrogens is 390 g/mol. The minimum atomic E-state index is -0.418. The van der Waals surface area contributed by atoms with Gasteiger partial charge in [-0.2, -0.15) is 0 Å². The molecule has 158 valence electrons. The van der Waals surface area contributed by atoms with Crippen LogP contribution in [0, 0.1) is 12.8 Å². The van der Waals surface area contributed by atoms with Crippen LogP contribution in [-0.2, 0) is 16.2 Å². The first kappa shape index (κ1) is 20.5. The maximum Gasteiger partial charge on any atom is 0.243 e. The number of carbonyl (C=O) groups is 2. The first-order valence-electron chi connectivity index (χ1n) is 10.3. The molecule has 0 unspecified atom stereocenters. The van der Waals surface area contributed by atoms with Crippen LogP contribution in [-0.4, -0.2) is 18.4 Å². The van der Waals surface area contributed by atoms with Gasteiger partial charge in [-0.3, -0.25) is 20.4 Å². The summed E-state index contributed by atoms with van der Waals surface area (Å²) in [6.07, 6.45) is 0.188. The Bertz CT molecular complexity index is 1050. The molecule has 3 aromatic carbocycles. The summed E-state index contributed by atoms with van der Waals surface area (Å²) in [5, 5.41) is 0. The van der Waals surface area contributed by atoms with Crippen molar-refractivity contribution in [2.45, 2.75) is 20.0 Å². The fourth-order valence-corrected chi connectivity index (χ4v) is 3.52. The fourth-order valence-electron chi connectivity index (χ4n) is 3.52. The van der Waals surface area contributed by atoms with Gasteiger partial charge in [0.2, 0.25) is 11.8 Å². The lowest BCUT2D eigenvalue weighted by Gasteiger charge is -2.18. The molecule has 1 fully saturated rings. The Balaban J connectivity index is 1.35. The third kappa shape index (κ3) is 5.04. The minimum absolute atomic E-state index is 0.0457. The molecule has 4 rings (SSSR count). The number of aryl methyl sites for hydroxylation is 1. The number of para-hydroxylation sites is 2. The molecule has 6 nitrogen and oxygen atoms in total. The number of amides is 2. The molecule has 1 saturated heterocycles. The summed E-state index contributed by atoms with van der Waals surface area (Å²) in [5.41, 5.74) is 9.34. The van der Waals surface area contributed by atoms with E-state index >= 15 is 0 Å². The van der Waals surface area contributed by atoms with Crippen molar-refractivity contribution >= 4 is 23.2 Å². The van der Waals surface area contributed by atoms with E-state index in [1.54, 1.807) is 4.90 Å². The van der Waals surface area contributed by atoms with Crippen molar-refractivity contribution in [1.82, 2.24) is 5.43 Å². The minimum Gasteiger partial charge on any atom is -0.487 e. The summed E-state index contributed by atoms with van der Waals surface area (Å²) < 4.78 is 5.91. The van der Waals surface area contributed by atoms with Gasteiger partial charge in [-0.1, -0.05) is 60.2 Å². The highest BCUT2D eigenvalue weighted by atomic mass is 16.5. The Morgan fingerprint density at radius 2 is 1.71 bits per heavy atom. The van der Waals surface area contributed by atoms with E-state index in [1.165, 1.54) is 0 Å². The van der Waals surface area contributed by atoms with Crippen LogP contribution >= 0.6 is 0 Å². The second-order valence-electron chi connectivity index (χ2n) is 7.63. The van der Waals surface area contributed by atoms with Gasteiger partial charge in [0.15, 0.2) is 0 Å². The number of hydrazine groups is 1. The van der Waals surface area contributed by atoms with E-state index < -0.39 is 5.92 Å². The van der Waals surface area contributed by atoms with Gasteiger partial charge in [0, 0.05) is 18.7 Å². The Hall–Kier alpha value is -3.80. The van der Waals surface area contributed by atoms with E-state index in [9.17, 15) is 9.59 Å². The highest BCUT2D eigenvalue weighted by Crippen LogP contribution is 2.27. The third-order valence-corrected chi connectivity index (χ3v) is 5.29. The number of benzene rings is 3. The number of nitrogens with zero attached hydrogens (tertiary/aromatic N) is 1. The number of anilines is 2. The first-order chi connectivity index (χ1) is 15.1. The van der Waals surface area contributed by atoms with Crippen LogP contribution in [0.2, 0.25) is 0 Å². The molecule has 1 heterocycles. The molecule has 1 atom stereocenters. The van der Waals surface area contributed by atoms with Crippen molar-refractivity contribution in [1.29, 1.82) is 0 Å². The number of ether oxygens (including phenoxy) is 1. The molecule has 31 heavy (non-hydrogen) atoms. The summed E-state index contributed by atoms with van der Waals surface area (Å²) in [6, 6.07) is 25.0.